The summed E-state index contributed by atoms with van der Waals surface area (Å²) in [6.45, 7) is 2.54. The second-order valence-corrected chi connectivity index (χ2v) is 9.02. The van der Waals surface area contributed by atoms with E-state index in [9.17, 15) is 14.7 Å². The smallest absolute Gasteiger partial charge is 0.407 e. The van der Waals surface area contributed by atoms with Gasteiger partial charge in [-0.1, -0.05) is 13.3 Å². The molecule has 10 nitrogen and oxygen atoms in total. The number of esters is 1. The van der Waals surface area contributed by atoms with Crippen molar-refractivity contribution in [1.82, 2.24) is 5.32 Å². The van der Waals surface area contributed by atoms with Crippen LogP contribution in [0.25, 0.3) is 0 Å². The molecule has 1 saturated heterocycles. The highest BCUT2D eigenvalue weighted by Gasteiger charge is 2.53. The Bertz CT molecular complexity index is 1160. The lowest BCUT2D eigenvalue weighted by Gasteiger charge is -2.39. The van der Waals surface area contributed by atoms with Gasteiger partial charge in [-0.2, -0.15) is 0 Å². The van der Waals surface area contributed by atoms with Crippen LogP contribution < -0.4 is 24.3 Å². The molecule has 3 aliphatic rings. The van der Waals surface area contributed by atoms with Crippen LogP contribution in [0.15, 0.2) is 24.3 Å². The predicted octanol–water partition coefficient (Wildman–Crippen LogP) is 3.64. The number of carbonyl (C=O) groups excluding carboxylic acids is 2. The fourth-order valence-electron chi connectivity index (χ4n) is 5.32. The number of fused-ring (bicyclic) bond motifs is 3. The molecule has 0 aromatic heterocycles. The second kappa shape index (κ2) is 9.67. The van der Waals surface area contributed by atoms with Gasteiger partial charge in [0.2, 0.25) is 12.5 Å². The number of methoxy groups -OCH3 is 2. The van der Waals surface area contributed by atoms with Crippen LogP contribution in [0, 0.1) is 11.8 Å². The summed E-state index contributed by atoms with van der Waals surface area (Å²) in [5.74, 6) is -0.419. The number of ether oxygens (including phenoxy) is 6. The first-order valence-corrected chi connectivity index (χ1v) is 11.9. The molecule has 10 heteroatoms. The molecule has 1 amide bonds. The number of hydrogen-bond donors (Lipinski definition) is 2. The minimum absolute atomic E-state index is 0.0792. The van der Waals surface area contributed by atoms with Crippen LogP contribution in [0.2, 0.25) is 0 Å². The van der Waals surface area contributed by atoms with Gasteiger partial charge >= 0.3 is 12.1 Å². The molecule has 192 valence electrons. The van der Waals surface area contributed by atoms with Crippen molar-refractivity contribution < 1.29 is 43.1 Å². The lowest BCUT2D eigenvalue weighted by Crippen LogP contribution is -2.43. The van der Waals surface area contributed by atoms with Crippen molar-refractivity contribution in [3.05, 3.63) is 41.0 Å². The number of hydrogen-bond acceptors (Lipinski definition) is 9. The molecule has 4 atom stereocenters. The average molecular weight is 500 g/mol. The summed E-state index contributed by atoms with van der Waals surface area (Å²) in [5.41, 5.74) is 2.25. The van der Waals surface area contributed by atoms with E-state index >= 15 is 0 Å². The van der Waals surface area contributed by atoms with Crippen LogP contribution in [-0.2, 0) is 14.3 Å². The lowest BCUT2D eigenvalue weighted by molar-refractivity contribution is -0.141. The normalized spacial score (nSPS) is 23.4. The van der Waals surface area contributed by atoms with Crippen molar-refractivity contribution in [3.63, 3.8) is 0 Å². The molecule has 0 unspecified atom stereocenters. The average Bonchev–Trinajstić information content (AvgIpc) is 3.49. The first-order chi connectivity index (χ1) is 17.5. The molecule has 5 rings (SSSR count). The summed E-state index contributed by atoms with van der Waals surface area (Å²) in [6, 6.07) is 6.51. The van der Waals surface area contributed by atoms with Gasteiger partial charge in [-0.25, -0.2) is 4.79 Å². The van der Waals surface area contributed by atoms with E-state index in [0.29, 0.717) is 23.7 Å². The summed E-state index contributed by atoms with van der Waals surface area (Å²) in [6.07, 6.45) is 1.10. The summed E-state index contributed by atoms with van der Waals surface area (Å²) < 4.78 is 32.9. The maximum absolute atomic E-state index is 13.1. The van der Waals surface area contributed by atoms with Crippen molar-refractivity contribution in [2.75, 3.05) is 34.2 Å². The Morgan fingerprint density at radius 2 is 1.72 bits per heavy atom. The van der Waals surface area contributed by atoms with Gasteiger partial charge in [-0.3, -0.25) is 4.79 Å². The Hall–Kier alpha value is -3.82. The molecule has 2 aliphatic heterocycles. The number of alkyl carbamates (subject to hydrolysis) is 1. The summed E-state index contributed by atoms with van der Waals surface area (Å²) >= 11 is 0. The molecule has 2 heterocycles. The van der Waals surface area contributed by atoms with E-state index in [4.69, 9.17) is 28.4 Å². The maximum Gasteiger partial charge on any atom is 0.407 e. The number of nitrogens with one attached hydrogen (secondary N) is 1. The number of unbranched alkanes of at least 4 members (excludes halogenated alkanes) is 1. The Kier molecular flexibility index (Phi) is 6.42. The number of benzene rings is 2. The number of amides is 1. The zero-order valence-electron chi connectivity index (χ0n) is 20.4. The highest BCUT2D eigenvalue weighted by molar-refractivity contribution is 5.79. The molecule has 1 aliphatic carbocycles. The molecule has 2 aromatic rings. The number of carbonyl (C=O) groups is 2. The molecule has 1 fully saturated rings. The van der Waals surface area contributed by atoms with Gasteiger partial charge in [0.25, 0.3) is 0 Å². The maximum atomic E-state index is 13.1. The van der Waals surface area contributed by atoms with E-state index in [1.165, 1.54) is 14.2 Å². The van der Waals surface area contributed by atoms with Gasteiger partial charge in [-0.15, -0.1) is 0 Å². The number of cyclic esters (lactones) is 1. The second-order valence-electron chi connectivity index (χ2n) is 9.02. The van der Waals surface area contributed by atoms with Crippen molar-refractivity contribution in [1.29, 1.82) is 0 Å². The third-order valence-corrected chi connectivity index (χ3v) is 7.05. The molecular weight excluding hydrogens is 470 g/mol. The predicted molar refractivity (Wildman–Crippen MR) is 126 cm³/mol. The first kappa shape index (κ1) is 23.9. The van der Waals surface area contributed by atoms with Gasteiger partial charge in [0.05, 0.1) is 39.4 Å². The van der Waals surface area contributed by atoms with E-state index in [1.54, 1.807) is 12.1 Å². The van der Waals surface area contributed by atoms with Crippen LogP contribution in [0.5, 0.6) is 28.7 Å². The minimum atomic E-state index is -0.613. The molecule has 0 radical (unpaired) electrons. The van der Waals surface area contributed by atoms with Crippen LogP contribution >= 0.6 is 0 Å². The fourth-order valence-corrected chi connectivity index (χ4v) is 5.32. The summed E-state index contributed by atoms with van der Waals surface area (Å²) in [4.78, 5) is 25.8. The standard InChI is InChI=1S/C26H29NO9/c1-4-5-6-33-26(30)27-23-15-10-18-17(35-12-36-18)9-14(15)21(22-16(23)11-34-25(22)29)13-7-19(31-2)24(28)20(8-13)32-3/h7-10,16,21-23,28H,4-6,11-12H2,1-3H3,(H,27,30)/t16-,21+,22-,23+/m0/s1. The van der Waals surface area contributed by atoms with Crippen LogP contribution in [0.1, 0.15) is 48.4 Å². The molecular formula is C26H29NO9. The Labute approximate surface area is 208 Å². The van der Waals surface area contributed by atoms with Crippen molar-refractivity contribution in [2.24, 2.45) is 11.8 Å². The van der Waals surface area contributed by atoms with Crippen LogP contribution in [0.4, 0.5) is 4.79 Å². The van der Waals surface area contributed by atoms with Crippen LogP contribution in [0.3, 0.4) is 0 Å². The quantitative estimate of drug-likeness (QED) is 0.434. The van der Waals surface area contributed by atoms with Crippen LogP contribution in [-0.4, -0.2) is 51.4 Å². The van der Waals surface area contributed by atoms with E-state index in [2.05, 4.69) is 5.32 Å². The topological polar surface area (TPSA) is 122 Å². The van der Waals surface area contributed by atoms with E-state index in [1.807, 2.05) is 19.1 Å². The van der Waals surface area contributed by atoms with E-state index < -0.39 is 24.0 Å². The summed E-state index contributed by atoms with van der Waals surface area (Å²) in [7, 11) is 2.89. The van der Waals surface area contributed by atoms with E-state index in [-0.39, 0.29) is 42.5 Å². The third kappa shape index (κ3) is 4.00. The molecule has 0 bridgehead atoms. The number of aromatic hydroxyl groups is 1. The Morgan fingerprint density at radius 3 is 2.36 bits per heavy atom. The van der Waals surface area contributed by atoms with Gasteiger partial charge in [-0.05, 0) is 47.4 Å². The van der Waals surface area contributed by atoms with Crippen molar-refractivity contribution in [2.45, 2.75) is 31.7 Å². The lowest BCUT2D eigenvalue weighted by atomic mass is 9.65. The number of phenols is 1. The zero-order valence-corrected chi connectivity index (χ0v) is 20.4. The third-order valence-electron chi connectivity index (χ3n) is 7.05. The van der Waals surface area contributed by atoms with Crippen molar-refractivity contribution >= 4 is 12.1 Å². The highest BCUT2D eigenvalue weighted by Crippen LogP contribution is 2.55. The number of phenolic OH excluding ortho intramolecular Hbond substituents is 1. The van der Waals surface area contributed by atoms with Gasteiger partial charge in [0, 0.05) is 11.8 Å². The largest absolute Gasteiger partial charge is 0.502 e. The fraction of sp³-hybridized carbons (Fsp3) is 0.462. The van der Waals surface area contributed by atoms with Gasteiger partial charge < -0.3 is 38.8 Å². The molecule has 2 N–H and O–H groups in total. The van der Waals surface area contributed by atoms with E-state index in [0.717, 1.165) is 24.0 Å². The highest BCUT2D eigenvalue weighted by atomic mass is 16.7. The minimum Gasteiger partial charge on any atom is -0.502 e. The summed E-state index contributed by atoms with van der Waals surface area (Å²) in [5, 5.41) is 13.4. The molecule has 2 aromatic carbocycles. The number of rotatable bonds is 7. The molecule has 0 saturated carbocycles. The first-order valence-electron chi connectivity index (χ1n) is 11.9. The van der Waals surface area contributed by atoms with Crippen molar-refractivity contribution in [3.8, 4) is 28.7 Å². The Balaban J connectivity index is 1.64. The monoisotopic (exact) mass is 499 g/mol. The Morgan fingerprint density at radius 1 is 1.06 bits per heavy atom. The molecule has 36 heavy (non-hydrogen) atoms. The molecule has 0 spiro atoms. The zero-order chi connectivity index (χ0) is 25.4. The van der Waals surface area contributed by atoms with Gasteiger partial charge in [0.1, 0.15) is 0 Å². The SMILES string of the molecule is CCCCOC(=O)N[C@@H]1c2cc3c(cc2[C@@H](c2cc(OC)c(O)c(OC)c2)[C@H]2C(=O)OC[C@@H]21)OCO3. The van der Waals surface area contributed by atoms with Gasteiger partial charge in [0.15, 0.2) is 23.0 Å².